The topological polar surface area (TPSA) is 68.2 Å². The third-order valence-corrected chi connectivity index (χ3v) is 5.55. The standard InChI is InChI=1S/C23H24N2O4/c1-28-19-12-10-17(11-13-19)21-14-20(16-6-3-2-4-7-16)24-25(21)22(26)15-29-23(27)18-8-5-9-18/h2-4,6-7,10-13,18,21H,5,8-9,14-15H2,1H3. The maximum Gasteiger partial charge on any atom is 0.309 e. The molecule has 0 N–H and O–H groups in total. The lowest BCUT2D eigenvalue weighted by Crippen LogP contribution is -2.33. The van der Waals surface area contributed by atoms with Crippen molar-refractivity contribution < 1.29 is 19.1 Å². The maximum atomic E-state index is 12.9. The minimum Gasteiger partial charge on any atom is -0.497 e. The molecule has 1 heterocycles. The van der Waals surface area contributed by atoms with E-state index in [2.05, 4.69) is 5.10 Å². The van der Waals surface area contributed by atoms with Gasteiger partial charge in [-0.3, -0.25) is 9.59 Å². The van der Waals surface area contributed by atoms with E-state index < -0.39 is 0 Å². The van der Waals surface area contributed by atoms with Gasteiger partial charge in [0.2, 0.25) is 0 Å². The van der Waals surface area contributed by atoms with E-state index in [1.807, 2.05) is 54.6 Å². The van der Waals surface area contributed by atoms with E-state index >= 15 is 0 Å². The molecule has 2 aliphatic rings. The molecule has 1 unspecified atom stereocenters. The molecule has 1 saturated carbocycles. The molecule has 0 bridgehead atoms. The number of methoxy groups -OCH3 is 1. The summed E-state index contributed by atoms with van der Waals surface area (Å²) in [4.78, 5) is 24.9. The molecule has 4 rings (SSSR count). The summed E-state index contributed by atoms with van der Waals surface area (Å²) in [7, 11) is 1.62. The first-order chi connectivity index (χ1) is 14.2. The molecular formula is C23H24N2O4. The summed E-state index contributed by atoms with van der Waals surface area (Å²) in [6.45, 7) is -0.284. The summed E-state index contributed by atoms with van der Waals surface area (Å²) in [6.07, 6.45) is 3.34. The molecule has 6 nitrogen and oxygen atoms in total. The number of ether oxygens (including phenoxy) is 2. The molecule has 0 aromatic heterocycles. The molecule has 0 radical (unpaired) electrons. The summed E-state index contributed by atoms with van der Waals surface area (Å²) in [6, 6.07) is 17.2. The van der Waals surface area contributed by atoms with Gasteiger partial charge in [-0.05, 0) is 36.1 Å². The van der Waals surface area contributed by atoms with Crippen LogP contribution in [0.4, 0.5) is 0 Å². The Hall–Kier alpha value is -3.15. The Morgan fingerprint density at radius 2 is 1.79 bits per heavy atom. The van der Waals surface area contributed by atoms with Crippen LogP contribution in [0.5, 0.6) is 5.75 Å². The minimum atomic E-state index is -0.315. The Bertz CT molecular complexity index is 904. The molecule has 2 aromatic carbocycles. The lowest BCUT2D eigenvalue weighted by Gasteiger charge is -2.25. The highest BCUT2D eigenvalue weighted by Crippen LogP contribution is 2.34. The number of hydrogen-bond donors (Lipinski definition) is 0. The van der Waals surface area contributed by atoms with Crippen molar-refractivity contribution in [2.45, 2.75) is 31.7 Å². The lowest BCUT2D eigenvalue weighted by atomic mass is 9.86. The number of nitrogens with zero attached hydrogens (tertiary/aromatic N) is 2. The fourth-order valence-electron chi connectivity index (χ4n) is 3.59. The van der Waals surface area contributed by atoms with E-state index in [0.29, 0.717) is 6.42 Å². The van der Waals surface area contributed by atoms with Crippen LogP contribution in [0.3, 0.4) is 0 Å². The van der Waals surface area contributed by atoms with Gasteiger partial charge in [0.25, 0.3) is 5.91 Å². The van der Waals surface area contributed by atoms with E-state index in [1.54, 1.807) is 7.11 Å². The second-order valence-electron chi connectivity index (χ2n) is 7.38. The number of rotatable bonds is 6. The zero-order chi connectivity index (χ0) is 20.2. The molecule has 2 aromatic rings. The van der Waals surface area contributed by atoms with Crippen LogP contribution in [0.15, 0.2) is 59.7 Å². The molecule has 1 fully saturated rings. The van der Waals surface area contributed by atoms with Gasteiger partial charge in [-0.25, -0.2) is 5.01 Å². The molecule has 29 heavy (non-hydrogen) atoms. The van der Waals surface area contributed by atoms with E-state index in [1.165, 1.54) is 5.01 Å². The number of carbonyl (C=O) groups is 2. The number of carbonyl (C=O) groups excluding carboxylic acids is 2. The van der Waals surface area contributed by atoms with E-state index in [0.717, 1.165) is 41.9 Å². The van der Waals surface area contributed by atoms with Crippen LogP contribution in [0.1, 0.15) is 42.9 Å². The van der Waals surface area contributed by atoms with Crippen molar-refractivity contribution in [1.29, 1.82) is 0 Å². The number of esters is 1. The largest absolute Gasteiger partial charge is 0.497 e. The Balaban J connectivity index is 1.53. The predicted molar refractivity (Wildman–Crippen MR) is 108 cm³/mol. The van der Waals surface area contributed by atoms with Crippen LogP contribution >= 0.6 is 0 Å². The van der Waals surface area contributed by atoms with Gasteiger partial charge in [-0.1, -0.05) is 48.9 Å². The summed E-state index contributed by atoms with van der Waals surface area (Å²) in [5.41, 5.74) is 2.78. The smallest absolute Gasteiger partial charge is 0.309 e. The van der Waals surface area contributed by atoms with Crippen LogP contribution in [0.2, 0.25) is 0 Å². The van der Waals surface area contributed by atoms with Crippen LogP contribution < -0.4 is 4.74 Å². The van der Waals surface area contributed by atoms with Gasteiger partial charge in [0.1, 0.15) is 5.75 Å². The second kappa shape index (κ2) is 8.47. The molecule has 1 aliphatic carbocycles. The lowest BCUT2D eigenvalue weighted by molar-refractivity contribution is -0.158. The second-order valence-corrected chi connectivity index (χ2v) is 7.38. The Kier molecular flexibility index (Phi) is 5.60. The third-order valence-electron chi connectivity index (χ3n) is 5.55. The average molecular weight is 392 g/mol. The zero-order valence-electron chi connectivity index (χ0n) is 16.4. The van der Waals surface area contributed by atoms with Gasteiger partial charge < -0.3 is 9.47 Å². The minimum absolute atomic E-state index is 0.0536. The number of hydrazone groups is 1. The molecule has 1 aliphatic heterocycles. The fraction of sp³-hybridized carbons (Fsp3) is 0.348. The van der Waals surface area contributed by atoms with Gasteiger partial charge in [0.15, 0.2) is 6.61 Å². The molecular weight excluding hydrogens is 368 g/mol. The van der Waals surface area contributed by atoms with Crippen molar-refractivity contribution in [2.24, 2.45) is 11.0 Å². The van der Waals surface area contributed by atoms with E-state index in [4.69, 9.17) is 9.47 Å². The van der Waals surface area contributed by atoms with E-state index in [9.17, 15) is 9.59 Å². The Morgan fingerprint density at radius 1 is 1.07 bits per heavy atom. The van der Waals surface area contributed by atoms with Crippen LogP contribution in [0.25, 0.3) is 0 Å². The summed E-state index contributed by atoms with van der Waals surface area (Å²) in [5.74, 6) is 0.104. The fourth-order valence-corrected chi connectivity index (χ4v) is 3.59. The van der Waals surface area contributed by atoms with Gasteiger partial charge in [-0.15, -0.1) is 0 Å². The summed E-state index contributed by atoms with van der Waals surface area (Å²) >= 11 is 0. The van der Waals surface area contributed by atoms with Crippen LogP contribution in [-0.4, -0.2) is 36.3 Å². The summed E-state index contributed by atoms with van der Waals surface area (Å²) in [5, 5.41) is 6.05. The van der Waals surface area contributed by atoms with Gasteiger partial charge in [-0.2, -0.15) is 5.10 Å². The number of amides is 1. The number of hydrogen-bond acceptors (Lipinski definition) is 5. The van der Waals surface area contributed by atoms with Gasteiger partial charge in [0.05, 0.1) is 24.8 Å². The SMILES string of the molecule is COc1ccc(C2CC(c3ccccc3)=NN2C(=O)COC(=O)C2CCC2)cc1. The molecule has 1 atom stereocenters. The first-order valence-electron chi connectivity index (χ1n) is 9.91. The van der Waals surface area contributed by atoms with Crippen molar-refractivity contribution in [3.8, 4) is 5.75 Å². The van der Waals surface area contributed by atoms with Crippen molar-refractivity contribution in [1.82, 2.24) is 5.01 Å². The van der Waals surface area contributed by atoms with Gasteiger partial charge >= 0.3 is 5.97 Å². The maximum absolute atomic E-state index is 12.9. The quantitative estimate of drug-likeness (QED) is 0.703. The highest BCUT2D eigenvalue weighted by Gasteiger charge is 2.34. The summed E-state index contributed by atoms with van der Waals surface area (Å²) < 4.78 is 10.5. The molecule has 150 valence electrons. The van der Waals surface area contributed by atoms with E-state index in [-0.39, 0.29) is 30.4 Å². The third kappa shape index (κ3) is 4.16. The van der Waals surface area contributed by atoms with Crippen LogP contribution in [-0.2, 0) is 14.3 Å². The average Bonchev–Trinajstić information content (AvgIpc) is 3.17. The molecule has 0 spiro atoms. The van der Waals surface area contributed by atoms with Crippen molar-refractivity contribution in [3.05, 3.63) is 65.7 Å². The normalized spacial score (nSPS) is 18.7. The monoisotopic (exact) mass is 392 g/mol. The first kappa shape index (κ1) is 19.2. The Morgan fingerprint density at radius 3 is 2.41 bits per heavy atom. The van der Waals surface area contributed by atoms with Crippen molar-refractivity contribution >= 4 is 17.6 Å². The number of benzene rings is 2. The van der Waals surface area contributed by atoms with Crippen LogP contribution in [0, 0.1) is 5.92 Å². The van der Waals surface area contributed by atoms with Crippen molar-refractivity contribution in [2.75, 3.05) is 13.7 Å². The molecule has 0 saturated heterocycles. The predicted octanol–water partition coefficient (Wildman–Crippen LogP) is 3.72. The molecule has 6 heteroatoms. The van der Waals surface area contributed by atoms with Gasteiger partial charge in [0, 0.05) is 6.42 Å². The first-order valence-corrected chi connectivity index (χ1v) is 9.91. The highest BCUT2D eigenvalue weighted by atomic mass is 16.5. The molecule has 1 amide bonds. The van der Waals surface area contributed by atoms with Crippen molar-refractivity contribution in [3.63, 3.8) is 0 Å². The Labute approximate surface area is 170 Å². The highest BCUT2D eigenvalue weighted by molar-refractivity contribution is 6.03. The zero-order valence-corrected chi connectivity index (χ0v) is 16.4.